The van der Waals surface area contributed by atoms with E-state index >= 15 is 0 Å². The number of amides is 1. The van der Waals surface area contributed by atoms with E-state index in [9.17, 15) is 4.79 Å². The van der Waals surface area contributed by atoms with Crippen molar-refractivity contribution in [1.82, 2.24) is 20.0 Å². The van der Waals surface area contributed by atoms with Crippen LogP contribution in [0.5, 0.6) is 0 Å². The van der Waals surface area contributed by atoms with Crippen molar-refractivity contribution in [3.63, 3.8) is 0 Å². The Morgan fingerprint density at radius 2 is 2.41 bits per heavy atom. The van der Waals surface area contributed by atoms with Crippen LogP contribution in [0.3, 0.4) is 0 Å². The van der Waals surface area contributed by atoms with Crippen molar-refractivity contribution < 1.29 is 4.79 Å². The smallest absolute Gasteiger partial charge is 0.236 e. The van der Waals surface area contributed by atoms with Gasteiger partial charge in [-0.15, -0.1) is 0 Å². The number of rotatable bonds is 6. The molecule has 17 heavy (non-hydrogen) atoms. The maximum atomic E-state index is 11.8. The van der Waals surface area contributed by atoms with Gasteiger partial charge < -0.3 is 10.2 Å². The van der Waals surface area contributed by atoms with Crippen LogP contribution in [0.2, 0.25) is 0 Å². The zero-order valence-corrected chi connectivity index (χ0v) is 10.5. The van der Waals surface area contributed by atoms with Crippen LogP contribution in [0.1, 0.15) is 19.8 Å². The van der Waals surface area contributed by atoms with E-state index in [2.05, 4.69) is 17.3 Å². The standard InChI is InChI=1S/C12H20N4O/c1-10(9-16-7-3-6-14-16)13-8-12(17)15(2)11-4-5-11/h3,6-7,10-11,13H,4-5,8-9H2,1-2H3. The molecule has 1 unspecified atom stereocenters. The number of nitrogens with zero attached hydrogens (tertiary/aromatic N) is 3. The van der Waals surface area contributed by atoms with Crippen LogP contribution in [-0.4, -0.2) is 46.3 Å². The van der Waals surface area contributed by atoms with Crippen molar-refractivity contribution in [2.24, 2.45) is 0 Å². The molecule has 0 aliphatic heterocycles. The largest absolute Gasteiger partial charge is 0.342 e. The number of aromatic nitrogens is 2. The second-order valence-corrected chi connectivity index (χ2v) is 4.75. The molecule has 1 saturated carbocycles. The highest BCUT2D eigenvalue weighted by atomic mass is 16.2. The molecule has 5 nitrogen and oxygen atoms in total. The van der Waals surface area contributed by atoms with Gasteiger partial charge in [-0.05, 0) is 25.8 Å². The average Bonchev–Trinajstić information content (AvgIpc) is 3.05. The number of hydrogen-bond acceptors (Lipinski definition) is 3. The molecule has 1 aliphatic carbocycles. The van der Waals surface area contributed by atoms with Crippen LogP contribution in [0.15, 0.2) is 18.5 Å². The summed E-state index contributed by atoms with van der Waals surface area (Å²) in [6, 6.07) is 2.64. The fraction of sp³-hybridized carbons (Fsp3) is 0.667. The molecule has 5 heteroatoms. The maximum Gasteiger partial charge on any atom is 0.236 e. The Morgan fingerprint density at radius 1 is 1.65 bits per heavy atom. The molecule has 1 aromatic heterocycles. The fourth-order valence-electron chi connectivity index (χ4n) is 1.81. The van der Waals surface area contributed by atoms with E-state index in [0.717, 1.165) is 19.4 Å². The summed E-state index contributed by atoms with van der Waals surface area (Å²) in [5, 5.41) is 7.37. The summed E-state index contributed by atoms with van der Waals surface area (Å²) in [6.45, 7) is 3.26. The number of nitrogens with one attached hydrogen (secondary N) is 1. The maximum absolute atomic E-state index is 11.8. The Kier molecular flexibility index (Phi) is 3.78. The molecular formula is C12H20N4O. The lowest BCUT2D eigenvalue weighted by Gasteiger charge is -2.19. The molecule has 0 saturated heterocycles. The number of likely N-dealkylation sites (N-methyl/N-ethyl adjacent to an activating group) is 1. The summed E-state index contributed by atoms with van der Waals surface area (Å²) in [4.78, 5) is 13.6. The van der Waals surface area contributed by atoms with Crippen LogP contribution >= 0.6 is 0 Å². The normalized spacial score (nSPS) is 16.8. The molecule has 94 valence electrons. The summed E-state index contributed by atoms with van der Waals surface area (Å²) >= 11 is 0. The third kappa shape index (κ3) is 3.56. The van der Waals surface area contributed by atoms with Gasteiger partial charge >= 0.3 is 0 Å². The van der Waals surface area contributed by atoms with Gasteiger partial charge in [0.1, 0.15) is 0 Å². The number of carbonyl (C=O) groups is 1. The minimum absolute atomic E-state index is 0.180. The van der Waals surface area contributed by atoms with Crippen LogP contribution < -0.4 is 5.32 Å². The lowest BCUT2D eigenvalue weighted by atomic mass is 10.3. The van der Waals surface area contributed by atoms with Gasteiger partial charge in [0.15, 0.2) is 0 Å². The summed E-state index contributed by atoms with van der Waals surface area (Å²) < 4.78 is 1.87. The third-order valence-corrected chi connectivity index (χ3v) is 3.11. The molecule has 0 bridgehead atoms. The zero-order valence-electron chi connectivity index (χ0n) is 10.5. The molecule has 1 N–H and O–H groups in total. The first-order valence-electron chi connectivity index (χ1n) is 6.13. The van der Waals surface area contributed by atoms with Gasteiger partial charge in [-0.1, -0.05) is 0 Å². The summed E-state index contributed by atoms with van der Waals surface area (Å²) in [5.74, 6) is 0.180. The van der Waals surface area contributed by atoms with Gasteiger partial charge in [0.2, 0.25) is 5.91 Å². The Hall–Kier alpha value is -1.36. The van der Waals surface area contributed by atoms with Crippen molar-refractivity contribution in [2.45, 2.75) is 38.4 Å². The van der Waals surface area contributed by atoms with Crippen LogP contribution in [0, 0.1) is 0 Å². The second-order valence-electron chi connectivity index (χ2n) is 4.75. The van der Waals surface area contributed by atoms with Gasteiger partial charge in [-0.2, -0.15) is 5.10 Å². The van der Waals surface area contributed by atoms with E-state index < -0.39 is 0 Å². The predicted octanol–water partition coefficient (Wildman–Crippen LogP) is 0.482. The SMILES string of the molecule is CC(Cn1cccn1)NCC(=O)N(C)C1CC1. The van der Waals surface area contributed by atoms with Gasteiger partial charge in [0.05, 0.1) is 13.1 Å². The van der Waals surface area contributed by atoms with Crippen molar-refractivity contribution >= 4 is 5.91 Å². The molecule has 1 aromatic rings. The topological polar surface area (TPSA) is 50.2 Å². The monoisotopic (exact) mass is 236 g/mol. The zero-order chi connectivity index (χ0) is 12.3. The minimum atomic E-state index is 0.180. The molecular weight excluding hydrogens is 216 g/mol. The van der Waals surface area contributed by atoms with Crippen molar-refractivity contribution in [2.75, 3.05) is 13.6 Å². The van der Waals surface area contributed by atoms with E-state index in [0.29, 0.717) is 12.6 Å². The Bertz CT molecular complexity index is 359. The minimum Gasteiger partial charge on any atom is -0.342 e. The molecule has 1 aliphatic rings. The molecule has 0 spiro atoms. The average molecular weight is 236 g/mol. The van der Waals surface area contributed by atoms with E-state index in [4.69, 9.17) is 0 Å². The highest BCUT2D eigenvalue weighted by Crippen LogP contribution is 2.25. The summed E-state index contributed by atoms with van der Waals surface area (Å²) in [5.41, 5.74) is 0. The van der Waals surface area contributed by atoms with Crippen LogP contribution in [0.4, 0.5) is 0 Å². The Labute approximate surface area is 102 Å². The van der Waals surface area contributed by atoms with Crippen molar-refractivity contribution in [3.8, 4) is 0 Å². The molecule has 0 radical (unpaired) electrons. The Morgan fingerprint density at radius 3 is 3.00 bits per heavy atom. The van der Waals surface area contributed by atoms with E-state index in [1.807, 2.05) is 28.9 Å². The molecule has 1 amide bonds. The van der Waals surface area contributed by atoms with Gasteiger partial charge in [0, 0.05) is 31.5 Å². The Balaban J connectivity index is 1.68. The van der Waals surface area contributed by atoms with Gasteiger partial charge in [-0.3, -0.25) is 9.48 Å². The number of hydrogen-bond donors (Lipinski definition) is 1. The quantitative estimate of drug-likeness (QED) is 0.781. The number of carbonyl (C=O) groups excluding carboxylic acids is 1. The lowest BCUT2D eigenvalue weighted by molar-refractivity contribution is -0.129. The van der Waals surface area contributed by atoms with Crippen LogP contribution in [-0.2, 0) is 11.3 Å². The van der Waals surface area contributed by atoms with Gasteiger partial charge in [0.25, 0.3) is 0 Å². The van der Waals surface area contributed by atoms with Gasteiger partial charge in [-0.25, -0.2) is 0 Å². The third-order valence-electron chi connectivity index (χ3n) is 3.11. The highest BCUT2D eigenvalue weighted by molar-refractivity contribution is 5.78. The molecule has 1 fully saturated rings. The first-order valence-corrected chi connectivity index (χ1v) is 6.13. The predicted molar refractivity (Wildman–Crippen MR) is 65.5 cm³/mol. The summed E-state index contributed by atoms with van der Waals surface area (Å²) in [6.07, 6.45) is 6.01. The first-order chi connectivity index (χ1) is 8.16. The molecule has 2 rings (SSSR count). The second kappa shape index (κ2) is 5.31. The van der Waals surface area contributed by atoms with E-state index in [1.54, 1.807) is 6.20 Å². The fourth-order valence-corrected chi connectivity index (χ4v) is 1.81. The van der Waals surface area contributed by atoms with Crippen molar-refractivity contribution in [1.29, 1.82) is 0 Å². The lowest BCUT2D eigenvalue weighted by Crippen LogP contribution is -2.41. The molecule has 1 heterocycles. The van der Waals surface area contributed by atoms with E-state index in [-0.39, 0.29) is 11.9 Å². The first kappa shape index (κ1) is 12.1. The summed E-state index contributed by atoms with van der Waals surface area (Å²) in [7, 11) is 1.89. The molecule has 0 aromatic carbocycles. The van der Waals surface area contributed by atoms with E-state index in [1.165, 1.54) is 0 Å². The molecule has 1 atom stereocenters. The van der Waals surface area contributed by atoms with Crippen LogP contribution in [0.25, 0.3) is 0 Å². The highest BCUT2D eigenvalue weighted by Gasteiger charge is 2.29. The van der Waals surface area contributed by atoms with Crippen molar-refractivity contribution in [3.05, 3.63) is 18.5 Å².